The third-order valence-corrected chi connectivity index (χ3v) is 2.09. The van der Waals surface area contributed by atoms with Crippen molar-refractivity contribution in [2.24, 2.45) is 0 Å². The van der Waals surface area contributed by atoms with E-state index < -0.39 is 0 Å². The second-order valence-electron chi connectivity index (χ2n) is 3.05. The van der Waals surface area contributed by atoms with Crippen molar-refractivity contribution in [2.75, 3.05) is 6.61 Å². The average Bonchev–Trinajstić information content (AvgIpc) is 2.13. The zero-order valence-electron chi connectivity index (χ0n) is 7.69. The van der Waals surface area contributed by atoms with Gasteiger partial charge in [0.2, 0.25) is 5.43 Å². The first-order valence-corrected chi connectivity index (χ1v) is 4.09. The lowest BCUT2D eigenvalue weighted by Crippen LogP contribution is -2.15. The van der Waals surface area contributed by atoms with Crippen molar-refractivity contribution >= 4 is 0 Å². The first-order valence-electron chi connectivity index (χ1n) is 4.09. The smallest absolute Gasteiger partial charge is 0.223 e. The van der Waals surface area contributed by atoms with Crippen molar-refractivity contribution in [1.82, 2.24) is 4.57 Å². The summed E-state index contributed by atoms with van der Waals surface area (Å²) < 4.78 is 1.66. The number of nitrogens with zero attached hydrogens (tertiary/aromatic N) is 1. The van der Waals surface area contributed by atoms with Gasteiger partial charge in [0.25, 0.3) is 0 Å². The minimum Gasteiger partial charge on any atom is -0.503 e. The highest BCUT2D eigenvalue weighted by molar-refractivity contribution is 5.25. The molecule has 0 bridgehead atoms. The summed E-state index contributed by atoms with van der Waals surface area (Å²) in [6.45, 7) is 3.42. The van der Waals surface area contributed by atoms with Crippen LogP contribution >= 0.6 is 0 Å². The molecule has 13 heavy (non-hydrogen) atoms. The van der Waals surface area contributed by atoms with Gasteiger partial charge in [0.15, 0.2) is 5.75 Å². The number of hydrogen-bond donors (Lipinski definition) is 2. The largest absolute Gasteiger partial charge is 0.503 e. The molecule has 0 aliphatic heterocycles. The maximum absolute atomic E-state index is 11.0. The summed E-state index contributed by atoms with van der Waals surface area (Å²) in [7, 11) is 0. The third-order valence-electron chi connectivity index (χ3n) is 2.09. The topological polar surface area (TPSA) is 62.5 Å². The molecule has 0 saturated carbocycles. The molecular formula is C9H13NO3. The minimum absolute atomic E-state index is 0.0247. The highest BCUT2D eigenvalue weighted by Gasteiger charge is 2.09. The Bertz CT molecular complexity index is 356. The highest BCUT2D eigenvalue weighted by Crippen LogP contribution is 2.14. The fourth-order valence-electron chi connectivity index (χ4n) is 1.20. The van der Waals surface area contributed by atoms with Gasteiger partial charge in [-0.25, -0.2) is 0 Å². The van der Waals surface area contributed by atoms with Crippen LogP contribution in [-0.2, 0) is 0 Å². The number of aromatic nitrogens is 1. The Morgan fingerprint density at radius 1 is 1.62 bits per heavy atom. The molecule has 1 atom stereocenters. The van der Waals surface area contributed by atoms with Gasteiger partial charge in [0.05, 0.1) is 18.3 Å². The van der Waals surface area contributed by atoms with Crippen LogP contribution in [0.1, 0.15) is 18.7 Å². The standard InChI is InChI=1S/C9H13NO3/c1-6(5-11)10-4-3-8(12)9(13)7(10)2/h3-4,6,11,13H,5H2,1-2H3. The number of rotatable bonds is 2. The molecule has 4 nitrogen and oxygen atoms in total. The molecule has 0 aliphatic carbocycles. The summed E-state index contributed by atoms with van der Waals surface area (Å²) in [5.41, 5.74) is 0.0907. The molecule has 0 aromatic carbocycles. The first-order chi connectivity index (χ1) is 6.07. The van der Waals surface area contributed by atoms with Gasteiger partial charge >= 0.3 is 0 Å². The first kappa shape index (κ1) is 9.80. The van der Waals surface area contributed by atoms with Crippen LogP contribution < -0.4 is 5.43 Å². The lowest BCUT2D eigenvalue weighted by molar-refractivity contribution is 0.235. The molecule has 1 rings (SSSR count). The Balaban J connectivity index is 3.26. The fraction of sp³-hybridized carbons (Fsp3) is 0.444. The summed E-state index contributed by atoms with van der Waals surface area (Å²) in [5, 5.41) is 18.2. The van der Waals surface area contributed by atoms with Gasteiger partial charge in [0, 0.05) is 12.3 Å². The maximum atomic E-state index is 11.0. The molecule has 4 heteroatoms. The van der Waals surface area contributed by atoms with Gasteiger partial charge in [0.1, 0.15) is 0 Å². The van der Waals surface area contributed by atoms with E-state index in [9.17, 15) is 9.90 Å². The van der Waals surface area contributed by atoms with Gasteiger partial charge in [-0.15, -0.1) is 0 Å². The Labute approximate surface area is 76.1 Å². The zero-order valence-corrected chi connectivity index (χ0v) is 7.69. The predicted molar refractivity (Wildman–Crippen MR) is 48.9 cm³/mol. The van der Waals surface area contributed by atoms with Crippen LogP contribution in [0, 0.1) is 6.92 Å². The van der Waals surface area contributed by atoms with Crippen molar-refractivity contribution < 1.29 is 10.2 Å². The fourth-order valence-corrected chi connectivity index (χ4v) is 1.20. The summed E-state index contributed by atoms with van der Waals surface area (Å²) in [4.78, 5) is 11.0. The van der Waals surface area contributed by atoms with Gasteiger partial charge in [-0.3, -0.25) is 4.79 Å². The van der Waals surface area contributed by atoms with E-state index >= 15 is 0 Å². The lowest BCUT2D eigenvalue weighted by Gasteiger charge is -2.16. The zero-order chi connectivity index (χ0) is 10.0. The molecule has 1 aromatic heterocycles. The van der Waals surface area contributed by atoms with Crippen LogP contribution in [0.25, 0.3) is 0 Å². The summed E-state index contributed by atoms with van der Waals surface area (Å²) in [6, 6.07) is 1.15. The van der Waals surface area contributed by atoms with Crippen LogP contribution in [-0.4, -0.2) is 21.4 Å². The summed E-state index contributed by atoms with van der Waals surface area (Å²) in [5.74, 6) is -0.247. The Morgan fingerprint density at radius 3 is 2.77 bits per heavy atom. The van der Waals surface area contributed by atoms with E-state index in [2.05, 4.69) is 0 Å². The minimum atomic E-state index is -0.390. The van der Waals surface area contributed by atoms with Gasteiger partial charge in [-0.1, -0.05) is 0 Å². The summed E-state index contributed by atoms with van der Waals surface area (Å²) >= 11 is 0. The van der Waals surface area contributed by atoms with Crippen molar-refractivity contribution in [3.63, 3.8) is 0 Å². The average molecular weight is 183 g/mol. The summed E-state index contributed by atoms with van der Waals surface area (Å²) in [6.07, 6.45) is 1.57. The van der Waals surface area contributed by atoms with Crippen LogP contribution in [0.15, 0.2) is 17.1 Å². The van der Waals surface area contributed by atoms with Crippen LogP contribution in [0.5, 0.6) is 5.75 Å². The molecule has 0 fully saturated rings. The molecule has 1 unspecified atom stereocenters. The number of pyridine rings is 1. The van der Waals surface area contributed by atoms with Gasteiger partial charge in [-0.05, 0) is 13.8 Å². The molecule has 1 heterocycles. The molecule has 0 amide bonds. The number of aromatic hydroxyl groups is 1. The van der Waals surface area contributed by atoms with Crippen LogP contribution in [0.3, 0.4) is 0 Å². The van der Waals surface area contributed by atoms with E-state index in [-0.39, 0.29) is 23.8 Å². The number of hydrogen-bond acceptors (Lipinski definition) is 3. The van der Waals surface area contributed by atoms with Crippen molar-refractivity contribution in [3.05, 3.63) is 28.2 Å². The van der Waals surface area contributed by atoms with Gasteiger partial charge in [-0.2, -0.15) is 0 Å². The molecular weight excluding hydrogens is 170 g/mol. The van der Waals surface area contributed by atoms with Crippen molar-refractivity contribution in [2.45, 2.75) is 19.9 Å². The molecule has 0 radical (unpaired) electrons. The van der Waals surface area contributed by atoms with E-state index in [4.69, 9.17) is 5.11 Å². The Kier molecular flexibility index (Phi) is 2.72. The monoisotopic (exact) mass is 183 g/mol. The van der Waals surface area contributed by atoms with E-state index in [1.807, 2.05) is 0 Å². The quantitative estimate of drug-likeness (QED) is 0.698. The van der Waals surface area contributed by atoms with Gasteiger partial charge < -0.3 is 14.8 Å². The Hall–Kier alpha value is -1.29. The van der Waals surface area contributed by atoms with E-state index in [0.717, 1.165) is 0 Å². The molecule has 0 saturated heterocycles. The van der Waals surface area contributed by atoms with Crippen LogP contribution in [0.4, 0.5) is 0 Å². The second-order valence-corrected chi connectivity index (χ2v) is 3.05. The molecule has 1 aromatic rings. The van der Waals surface area contributed by atoms with E-state index in [1.165, 1.54) is 6.07 Å². The van der Waals surface area contributed by atoms with Crippen LogP contribution in [0.2, 0.25) is 0 Å². The molecule has 0 aliphatic rings. The lowest BCUT2D eigenvalue weighted by atomic mass is 10.2. The Morgan fingerprint density at radius 2 is 2.23 bits per heavy atom. The molecule has 0 spiro atoms. The SMILES string of the molecule is Cc1c(O)c(=O)ccn1C(C)CO. The highest BCUT2D eigenvalue weighted by atomic mass is 16.3. The maximum Gasteiger partial charge on any atom is 0.223 e. The molecule has 2 N–H and O–H groups in total. The molecule has 72 valence electrons. The van der Waals surface area contributed by atoms with E-state index in [1.54, 1.807) is 24.6 Å². The van der Waals surface area contributed by atoms with Crippen molar-refractivity contribution in [3.8, 4) is 5.75 Å². The normalized spacial score (nSPS) is 12.8. The number of aliphatic hydroxyl groups excluding tert-OH is 1. The number of aliphatic hydroxyl groups is 1. The van der Waals surface area contributed by atoms with E-state index in [0.29, 0.717) is 5.69 Å². The second kappa shape index (κ2) is 3.62. The third kappa shape index (κ3) is 1.72. The predicted octanol–water partition coefficient (Wildman–Crippen LogP) is 0.416. The van der Waals surface area contributed by atoms with Crippen molar-refractivity contribution in [1.29, 1.82) is 0 Å².